The molecule has 0 radical (unpaired) electrons. The lowest BCUT2D eigenvalue weighted by atomic mass is 10.1. The molecule has 1 heterocycles. The molecule has 0 aliphatic carbocycles. The molecule has 0 amide bonds. The molecule has 0 saturated carbocycles. The third-order valence-electron chi connectivity index (χ3n) is 2.55. The Morgan fingerprint density at radius 3 is 2.79 bits per heavy atom. The normalized spacial score (nSPS) is 12.2. The molecule has 1 aromatic heterocycles. The van der Waals surface area contributed by atoms with E-state index in [-0.39, 0.29) is 0 Å². The van der Waals surface area contributed by atoms with Gasteiger partial charge in [-0.05, 0) is 19.1 Å². The summed E-state index contributed by atoms with van der Waals surface area (Å²) >= 11 is 11.8. The lowest BCUT2D eigenvalue weighted by Crippen LogP contribution is -2.13. The number of hydrogen-bond donors (Lipinski definition) is 2. The highest BCUT2D eigenvalue weighted by Gasteiger charge is 2.12. The first-order valence-corrected chi connectivity index (χ1v) is 6.47. The van der Waals surface area contributed by atoms with E-state index in [1.807, 2.05) is 6.92 Å². The minimum atomic E-state index is -0.743. The van der Waals surface area contributed by atoms with Crippen LogP contribution in [0.5, 0.6) is 0 Å². The lowest BCUT2D eigenvalue weighted by Gasteiger charge is -2.14. The van der Waals surface area contributed by atoms with Crippen LogP contribution < -0.4 is 5.32 Å². The topological polar surface area (TPSA) is 58.0 Å². The molecule has 1 aromatic carbocycles. The smallest absolute Gasteiger partial charge is 0.144 e. The Balaban J connectivity index is 2.03. The minimum absolute atomic E-state index is 0.291. The van der Waals surface area contributed by atoms with Crippen LogP contribution >= 0.6 is 23.2 Å². The van der Waals surface area contributed by atoms with Gasteiger partial charge in [0.1, 0.15) is 5.82 Å². The van der Waals surface area contributed by atoms with E-state index in [0.717, 1.165) is 5.69 Å². The van der Waals surface area contributed by atoms with Gasteiger partial charge in [0.25, 0.3) is 0 Å². The van der Waals surface area contributed by atoms with Crippen LogP contribution in [-0.2, 0) is 0 Å². The Kier molecular flexibility index (Phi) is 4.58. The van der Waals surface area contributed by atoms with Gasteiger partial charge in [-0.2, -0.15) is 0 Å². The van der Waals surface area contributed by atoms with Crippen molar-refractivity contribution in [3.05, 3.63) is 51.9 Å². The van der Waals surface area contributed by atoms with Crippen LogP contribution in [0.2, 0.25) is 10.0 Å². The van der Waals surface area contributed by atoms with Gasteiger partial charge in [0.05, 0.1) is 18.0 Å². The molecule has 19 heavy (non-hydrogen) atoms. The zero-order valence-electron chi connectivity index (χ0n) is 10.3. The predicted octanol–water partition coefficient (Wildman–Crippen LogP) is 3.24. The Hall–Kier alpha value is -1.36. The standard InChI is InChI=1S/C13H13Cl2N3O/c1-8-5-16-7-13(18-8)17-6-12(19)10-3-2-9(14)4-11(10)15/h2-5,7,12,19H,6H2,1H3,(H,17,18). The molecule has 0 spiro atoms. The number of benzene rings is 1. The van der Waals surface area contributed by atoms with Crippen LogP contribution in [0.4, 0.5) is 5.82 Å². The van der Waals surface area contributed by atoms with Gasteiger partial charge in [-0.1, -0.05) is 29.3 Å². The van der Waals surface area contributed by atoms with Gasteiger partial charge in [0, 0.05) is 28.4 Å². The van der Waals surface area contributed by atoms with Gasteiger partial charge in [-0.15, -0.1) is 0 Å². The number of aryl methyl sites for hydroxylation is 1. The summed E-state index contributed by atoms with van der Waals surface area (Å²) in [7, 11) is 0. The first-order valence-electron chi connectivity index (χ1n) is 5.72. The summed E-state index contributed by atoms with van der Waals surface area (Å²) < 4.78 is 0. The van der Waals surface area contributed by atoms with Crippen LogP contribution in [0.3, 0.4) is 0 Å². The van der Waals surface area contributed by atoms with Crippen molar-refractivity contribution in [2.45, 2.75) is 13.0 Å². The van der Waals surface area contributed by atoms with Crippen molar-refractivity contribution in [2.75, 3.05) is 11.9 Å². The fourth-order valence-electron chi connectivity index (χ4n) is 1.63. The van der Waals surface area contributed by atoms with Crippen molar-refractivity contribution in [1.82, 2.24) is 9.97 Å². The molecule has 0 fully saturated rings. The number of rotatable bonds is 4. The quantitative estimate of drug-likeness (QED) is 0.910. The fourth-order valence-corrected chi connectivity index (χ4v) is 2.17. The Bertz CT molecular complexity index is 578. The number of halogens is 2. The fraction of sp³-hybridized carbons (Fsp3) is 0.231. The lowest BCUT2D eigenvalue weighted by molar-refractivity contribution is 0.191. The average Bonchev–Trinajstić information content (AvgIpc) is 2.36. The number of nitrogens with one attached hydrogen (secondary N) is 1. The van der Waals surface area contributed by atoms with Gasteiger partial charge in [-0.25, -0.2) is 4.98 Å². The minimum Gasteiger partial charge on any atom is -0.387 e. The summed E-state index contributed by atoms with van der Waals surface area (Å²) in [6, 6.07) is 5.01. The van der Waals surface area contributed by atoms with Crippen molar-refractivity contribution >= 4 is 29.0 Å². The summed E-state index contributed by atoms with van der Waals surface area (Å²) in [4.78, 5) is 8.25. The van der Waals surface area contributed by atoms with Crippen LogP contribution in [0, 0.1) is 6.92 Å². The molecule has 0 saturated heterocycles. The highest BCUT2D eigenvalue weighted by atomic mass is 35.5. The van der Waals surface area contributed by atoms with Crippen molar-refractivity contribution in [1.29, 1.82) is 0 Å². The largest absolute Gasteiger partial charge is 0.387 e. The first kappa shape index (κ1) is 14.1. The van der Waals surface area contributed by atoms with Crippen molar-refractivity contribution < 1.29 is 5.11 Å². The molecular weight excluding hydrogens is 285 g/mol. The van der Waals surface area contributed by atoms with E-state index < -0.39 is 6.10 Å². The number of aromatic nitrogens is 2. The molecule has 2 aromatic rings. The average molecular weight is 298 g/mol. The van der Waals surface area contributed by atoms with Crippen LogP contribution in [-0.4, -0.2) is 21.6 Å². The Labute approximate surface area is 121 Å². The second kappa shape index (κ2) is 6.19. The molecule has 4 nitrogen and oxygen atoms in total. The van der Waals surface area contributed by atoms with E-state index in [9.17, 15) is 5.11 Å². The van der Waals surface area contributed by atoms with Gasteiger partial charge in [-0.3, -0.25) is 4.98 Å². The van der Waals surface area contributed by atoms with Gasteiger partial charge in [0.15, 0.2) is 0 Å². The highest BCUT2D eigenvalue weighted by molar-refractivity contribution is 6.35. The number of anilines is 1. The van der Waals surface area contributed by atoms with Crippen molar-refractivity contribution in [3.63, 3.8) is 0 Å². The number of aliphatic hydroxyl groups is 1. The highest BCUT2D eigenvalue weighted by Crippen LogP contribution is 2.26. The molecule has 6 heteroatoms. The maximum absolute atomic E-state index is 10.1. The van der Waals surface area contributed by atoms with E-state index in [1.54, 1.807) is 30.6 Å². The second-order valence-corrected chi connectivity index (χ2v) is 4.95. The van der Waals surface area contributed by atoms with Crippen LogP contribution in [0.15, 0.2) is 30.6 Å². The SMILES string of the molecule is Cc1cncc(NCC(O)c2ccc(Cl)cc2Cl)n1. The van der Waals surface area contributed by atoms with E-state index in [1.165, 1.54) is 0 Å². The molecule has 1 unspecified atom stereocenters. The molecular formula is C13H13Cl2N3O. The number of aliphatic hydroxyl groups excluding tert-OH is 1. The van der Waals surface area contributed by atoms with E-state index in [0.29, 0.717) is 28.0 Å². The van der Waals surface area contributed by atoms with Crippen molar-refractivity contribution in [3.8, 4) is 0 Å². The maximum Gasteiger partial charge on any atom is 0.144 e. The Morgan fingerprint density at radius 1 is 1.32 bits per heavy atom. The van der Waals surface area contributed by atoms with Gasteiger partial charge in [0.2, 0.25) is 0 Å². The molecule has 2 N–H and O–H groups in total. The molecule has 0 bridgehead atoms. The monoisotopic (exact) mass is 297 g/mol. The zero-order valence-corrected chi connectivity index (χ0v) is 11.8. The van der Waals surface area contributed by atoms with Crippen molar-refractivity contribution in [2.24, 2.45) is 0 Å². The summed E-state index contributed by atoms with van der Waals surface area (Å²) in [5, 5.41) is 14.1. The summed E-state index contributed by atoms with van der Waals surface area (Å²) in [5.74, 6) is 0.615. The summed E-state index contributed by atoms with van der Waals surface area (Å²) in [5.41, 5.74) is 1.43. The molecule has 0 aliphatic heterocycles. The van der Waals surface area contributed by atoms with E-state index >= 15 is 0 Å². The third kappa shape index (κ3) is 3.80. The van der Waals surface area contributed by atoms with Crippen LogP contribution in [0.1, 0.15) is 17.4 Å². The first-order chi connectivity index (χ1) is 9.06. The third-order valence-corrected chi connectivity index (χ3v) is 3.12. The Morgan fingerprint density at radius 2 is 2.11 bits per heavy atom. The van der Waals surface area contributed by atoms with Gasteiger partial charge >= 0.3 is 0 Å². The number of nitrogens with zero attached hydrogens (tertiary/aromatic N) is 2. The molecule has 1 atom stereocenters. The number of hydrogen-bond acceptors (Lipinski definition) is 4. The summed E-state index contributed by atoms with van der Waals surface area (Å²) in [6.07, 6.45) is 2.52. The van der Waals surface area contributed by atoms with Crippen LogP contribution in [0.25, 0.3) is 0 Å². The molecule has 0 aliphatic rings. The predicted molar refractivity (Wildman–Crippen MR) is 76.7 cm³/mol. The van der Waals surface area contributed by atoms with E-state index in [2.05, 4.69) is 15.3 Å². The van der Waals surface area contributed by atoms with Gasteiger partial charge < -0.3 is 10.4 Å². The second-order valence-electron chi connectivity index (χ2n) is 4.11. The molecule has 2 rings (SSSR count). The molecule has 100 valence electrons. The van der Waals surface area contributed by atoms with E-state index in [4.69, 9.17) is 23.2 Å². The summed E-state index contributed by atoms with van der Waals surface area (Å²) in [6.45, 7) is 2.14. The zero-order chi connectivity index (χ0) is 13.8. The maximum atomic E-state index is 10.1.